The average molecular weight is 312 g/mol. The highest BCUT2D eigenvalue weighted by molar-refractivity contribution is 5.75. The lowest BCUT2D eigenvalue weighted by Crippen LogP contribution is -2.55. The van der Waals surface area contributed by atoms with Crippen LogP contribution in [-0.2, 0) is 0 Å². The summed E-state index contributed by atoms with van der Waals surface area (Å²) in [5.74, 6) is 0. The van der Waals surface area contributed by atoms with Crippen LogP contribution in [0.3, 0.4) is 0 Å². The molecule has 0 unspecified atom stereocenters. The zero-order valence-electron chi connectivity index (χ0n) is 15.0. The van der Waals surface area contributed by atoms with Gasteiger partial charge in [-0.05, 0) is 40.0 Å². The molecule has 1 saturated carbocycles. The number of urea groups is 1. The lowest BCUT2D eigenvalue weighted by molar-refractivity contribution is 0.0824. The molecule has 0 saturated heterocycles. The van der Waals surface area contributed by atoms with E-state index < -0.39 is 0 Å². The molecule has 4 nitrogen and oxygen atoms in total. The fourth-order valence-electron chi connectivity index (χ4n) is 3.13. The van der Waals surface area contributed by atoms with Crippen molar-refractivity contribution in [3.05, 3.63) is 0 Å². The normalized spacial score (nSPS) is 22.4. The summed E-state index contributed by atoms with van der Waals surface area (Å²) in [5, 5.41) is 13.1. The molecule has 1 aliphatic carbocycles. The maximum absolute atomic E-state index is 12.6. The zero-order chi connectivity index (χ0) is 16.6. The van der Waals surface area contributed by atoms with Gasteiger partial charge in [-0.1, -0.05) is 45.4 Å². The fraction of sp³-hybridized carbons (Fsp3) is 0.944. The van der Waals surface area contributed by atoms with Crippen molar-refractivity contribution in [2.45, 2.75) is 103 Å². The van der Waals surface area contributed by atoms with E-state index in [9.17, 15) is 9.90 Å². The topological polar surface area (TPSA) is 52.6 Å². The van der Waals surface area contributed by atoms with Gasteiger partial charge in [0.1, 0.15) is 0 Å². The minimum atomic E-state index is -0.385. The van der Waals surface area contributed by atoms with Crippen molar-refractivity contribution in [3.63, 3.8) is 0 Å². The molecule has 0 aromatic heterocycles. The van der Waals surface area contributed by atoms with E-state index in [-0.39, 0.29) is 23.7 Å². The number of hydrogen-bond acceptors (Lipinski definition) is 2. The summed E-state index contributed by atoms with van der Waals surface area (Å²) in [7, 11) is 0. The van der Waals surface area contributed by atoms with E-state index in [0.29, 0.717) is 0 Å². The molecule has 2 atom stereocenters. The van der Waals surface area contributed by atoms with Crippen LogP contribution in [0, 0.1) is 0 Å². The predicted molar refractivity (Wildman–Crippen MR) is 92.0 cm³/mol. The Kier molecular flexibility index (Phi) is 8.23. The summed E-state index contributed by atoms with van der Waals surface area (Å²) >= 11 is 0. The van der Waals surface area contributed by atoms with Crippen LogP contribution < -0.4 is 5.32 Å². The highest BCUT2D eigenvalue weighted by Gasteiger charge is 2.30. The molecule has 1 rings (SSSR count). The van der Waals surface area contributed by atoms with Gasteiger partial charge in [-0.25, -0.2) is 4.79 Å². The Morgan fingerprint density at radius 3 is 2.36 bits per heavy atom. The van der Waals surface area contributed by atoms with Crippen LogP contribution in [0.4, 0.5) is 4.79 Å². The number of nitrogens with zero attached hydrogens (tertiary/aromatic N) is 1. The van der Waals surface area contributed by atoms with Gasteiger partial charge in [-0.3, -0.25) is 0 Å². The molecule has 2 N–H and O–H groups in total. The Labute approximate surface area is 136 Å². The van der Waals surface area contributed by atoms with Gasteiger partial charge in [0.25, 0.3) is 0 Å². The Balaban J connectivity index is 2.49. The van der Waals surface area contributed by atoms with E-state index in [1.807, 2.05) is 4.90 Å². The average Bonchev–Trinajstić information content (AvgIpc) is 2.43. The second kappa shape index (κ2) is 9.39. The van der Waals surface area contributed by atoms with Crippen molar-refractivity contribution in [1.29, 1.82) is 0 Å². The number of aliphatic hydroxyl groups excluding tert-OH is 1. The SMILES string of the molecule is CCCCCCCN(C(=O)N[C@H]1CCCC[C@@H]1O)C(C)(C)C. The highest BCUT2D eigenvalue weighted by atomic mass is 16.3. The number of aliphatic hydroxyl groups is 1. The van der Waals surface area contributed by atoms with Gasteiger partial charge in [0, 0.05) is 12.1 Å². The Hall–Kier alpha value is -0.770. The molecule has 0 aromatic carbocycles. The number of nitrogens with one attached hydrogen (secondary N) is 1. The molecule has 130 valence electrons. The van der Waals surface area contributed by atoms with Crippen molar-refractivity contribution >= 4 is 6.03 Å². The van der Waals surface area contributed by atoms with E-state index in [0.717, 1.165) is 38.6 Å². The molecule has 22 heavy (non-hydrogen) atoms. The van der Waals surface area contributed by atoms with Gasteiger partial charge in [0.2, 0.25) is 0 Å². The van der Waals surface area contributed by atoms with Crippen molar-refractivity contribution in [2.24, 2.45) is 0 Å². The van der Waals surface area contributed by atoms with E-state index in [1.165, 1.54) is 25.7 Å². The van der Waals surface area contributed by atoms with Gasteiger partial charge in [-0.2, -0.15) is 0 Å². The Morgan fingerprint density at radius 2 is 1.77 bits per heavy atom. The van der Waals surface area contributed by atoms with Crippen molar-refractivity contribution in [1.82, 2.24) is 10.2 Å². The van der Waals surface area contributed by atoms with Gasteiger partial charge >= 0.3 is 6.03 Å². The van der Waals surface area contributed by atoms with Crippen LogP contribution in [0.2, 0.25) is 0 Å². The van der Waals surface area contributed by atoms with Crippen LogP contribution in [0.15, 0.2) is 0 Å². The third-order valence-electron chi connectivity index (χ3n) is 4.58. The summed E-state index contributed by atoms with van der Waals surface area (Å²) in [4.78, 5) is 14.6. The number of amides is 2. The van der Waals surface area contributed by atoms with Crippen LogP contribution >= 0.6 is 0 Å². The summed E-state index contributed by atoms with van der Waals surface area (Å²) in [6.07, 6.45) is 9.46. The van der Waals surface area contributed by atoms with Crippen molar-refractivity contribution in [2.75, 3.05) is 6.54 Å². The number of unbranched alkanes of at least 4 members (excludes halogenated alkanes) is 4. The highest BCUT2D eigenvalue weighted by Crippen LogP contribution is 2.20. The van der Waals surface area contributed by atoms with Crippen LogP contribution in [0.5, 0.6) is 0 Å². The predicted octanol–water partition coefficient (Wildman–Crippen LogP) is 4.07. The van der Waals surface area contributed by atoms with Crippen molar-refractivity contribution < 1.29 is 9.90 Å². The maximum Gasteiger partial charge on any atom is 0.318 e. The largest absolute Gasteiger partial charge is 0.391 e. The Bertz CT molecular complexity index is 326. The monoisotopic (exact) mass is 312 g/mol. The molecule has 0 radical (unpaired) electrons. The van der Waals surface area contributed by atoms with Crippen LogP contribution in [0.25, 0.3) is 0 Å². The lowest BCUT2D eigenvalue weighted by atomic mass is 9.92. The molecule has 0 spiro atoms. The number of carbonyl (C=O) groups is 1. The van der Waals surface area contributed by atoms with Gasteiger partial charge in [0.05, 0.1) is 12.1 Å². The van der Waals surface area contributed by atoms with E-state index in [2.05, 4.69) is 33.0 Å². The van der Waals surface area contributed by atoms with Crippen molar-refractivity contribution in [3.8, 4) is 0 Å². The minimum Gasteiger partial charge on any atom is -0.391 e. The third kappa shape index (κ3) is 6.55. The molecule has 0 heterocycles. The molecule has 4 heteroatoms. The van der Waals surface area contributed by atoms with Crippen LogP contribution in [0.1, 0.15) is 85.5 Å². The smallest absolute Gasteiger partial charge is 0.318 e. The second-order valence-electron chi connectivity index (χ2n) is 7.64. The third-order valence-corrected chi connectivity index (χ3v) is 4.58. The zero-order valence-corrected chi connectivity index (χ0v) is 15.0. The number of rotatable bonds is 7. The molecule has 0 aromatic rings. The van der Waals surface area contributed by atoms with Crippen LogP contribution in [-0.4, -0.2) is 40.3 Å². The number of hydrogen-bond donors (Lipinski definition) is 2. The lowest BCUT2D eigenvalue weighted by Gasteiger charge is -2.38. The first-order valence-corrected chi connectivity index (χ1v) is 9.12. The first-order chi connectivity index (χ1) is 10.4. The summed E-state index contributed by atoms with van der Waals surface area (Å²) < 4.78 is 0. The molecule has 0 aliphatic heterocycles. The quantitative estimate of drug-likeness (QED) is 0.696. The van der Waals surface area contributed by atoms with E-state index >= 15 is 0 Å². The van der Waals surface area contributed by atoms with E-state index in [4.69, 9.17) is 0 Å². The molecule has 0 bridgehead atoms. The minimum absolute atomic E-state index is 0.0195. The summed E-state index contributed by atoms with van der Waals surface area (Å²) in [6.45, 7) is 9.24. The summed E-state index contributed by atoms with van der Waals surface area (Å²) in [5.41, 5.74) is -0.186. The maximum atomic E-state index is 12.6. The summed E-state index contributed by atoms with van der Waals surface area (Å²) in [6, 6.07) is -0.0971. The van der Waals surface area contributed by atoms with Gasteiger partial charge in [-0.15, -0.1) is 0 Å². The van der Waals surface area contributed by atoms with Gasteiger partial charge in [0.15, 0.2) is 0 Å². The standard InChI is InChI=1S/C18H36N2O2/c1-5-6-7-8-11-14-20(18(2,3)4)17(22)19-15-12-9-10-13-16(15)21/h15-16,21H,5-14H2,1-4H3,(H,19,22)/t15-,16-/m0/s1. The fourth-order valence-corrected chi connectivity index (χ4v) is 3.13. The van der Waals surface area contributed by atoms with Gasteiger partial charge < -0.3 is 15.3 Å². The second-order valence-corrected chi connectivity index (χ2v) is 7.64. The van der Waals surface area contributed by atoms with E-state index in [1.54, 1.807) is 0 Å². The first kappa shape index (κ1) is 19.3. The molecular weight excluding hydrogens is 276 g/mol. The molecular formula is C18H36N2O2. The molecule has 1 aliphatic rings. The Morgan fingerprint density at radius 1 is 1.14 bits per heavy atom. The molecule has 1 fully saturated rings. The first-order valence-electron chi connectivity index (χ1n) is 9.12. The molecule has 2 amide bonds. The number of carbonyl (C=O) groups excluding carboxylic acids is 1.